The van der Waals surface area contributed by atoms with E-state index in [2.05, 4.69) is 30.5 Å². The lowest BCUT2D eigenvalue weighted by Gasteiger charge is -2.29. The molecule has 2 aromatic carbocycles. The molecule has 1 aliphatic rings. The molecule has 0 saturated carbocycles. The highest BCUT2D eigenvalue weighted by atomic mass is 19.2. The van der Waals surface area contributed by atoms with Crippen LogP contribution in [0.2, 0.25) is 0 Å². The summed E-state index contributed by atoms with van der Waals surface area (Å²) in [4.78, 5) is 24.8. The van der Waals surface area contributed by atoms with E-state index in [9.17, 15) is 13.6 Å². The van der Waals surface area contributed by atoms with Gasteiger partial charge in [0.05, 0.1) is 37.0 Å². The van der Waals surface area contributed by atoms with E-state index in [4.69, 9.17) is 15.2 Å². The van der Waals surface area contributed by atoms with Crippen molar-refractivity contribution in [1.29, 1.82) is 0 Å². The Morgan fingerprint density at radius 2 is 1.92 bits per heavy atom. The number of carbonyl (C=O) groups excluding carboxylic acids is 1. The van der Waals surface area contributed by atoms with Crippen molar-refractivity contribution in [2.24, 2.45) is 5.73 Å². The van der Waals surface area contributed by atoms with Crippen molar-refractivity contribution in [3.63, 3.8) is 0 Å². The number of ether oxygens (including phenoxy) is 2. The smallest absolute Gasteiger partial charge is 0.351 e. The molecule has 12 heteroatoms. The molecule has 0 unspecified atom stereocenters. The molecule has 10 nitrogen and oxygen atoms in total. The van der Waals surface area contributed by atoms with E-state index < -0.39 is 17.5 Å². The lowest BCUT2D eigenvalue weighted by atomic mass is 10.1. The number of rotatable bonds is 7. The third-order valence-corrected chi connectivity index (χ3v) is 5.86. The Labute approximate surface area is 204 Å². The number of nitrogens with one attached hydrogen (secondary N) is 4. The van der Waals surface area contributed by atoms with Gasteiger partial charge in [-0.15, -0.1) is 0 Å². The number of aromatic amines is 2. The van der Waals surface area contributed by atoms with Gasteiger partial charge in [0.25, 0.3) is 5.91 Å². The highest BCUT2D eigenvalue weighted by molar-refractivity contribution is 6.00. The van der Waals surface area contributed by atoms with Gasteiger partial charge in [-0.3, -0.25) is 15.1 Å². The Bertz CT molecular complexity index is 1440. The predicted molar refractivity (Wildman–Crippen MR) is 130 cm³/mol. The highest BCUT2D eigenvalue weighted by Gasteiger charge is 2.21. The van der Waals surface area contributed by atoms with Gasteiger partial charge in [0.15, 0.2) is 17.4 Å². The number of halogens is 2. The van der Waals surface area contributed by atoms with Crippen LogP contribution in [0.5, 0.6) is 5.75 Å². The van der Waals surface area contributed by atoms with Gasteiger partial charge < -0.3 is 25.4 Å². The van der Waals surface area contributed by atoms with Gasteiger partial charge >= 0.3 is 5.95 Å². The molecule has 186 valence electrons. The summed E-state index contributed by atoms with van der Waals surface area (Å²) in [6.07, 6.45) is 1.69. The normalized spacial score (nSPS) is 13.6. The lowest BCUT2D eigenvalue weighted by Crippen LogP contribution is -2.36. The lowest BCUT2D eigenvalue weighted by molar-refractivity contribution is -0.333. The van der Waals surface area contributed by atoms with Crippen LogP contribution >= 0.6 is 0 Å². The van der Waals surface area contributed by atoms with Crippen LogP contribution in [0.15, 0.2) is 42.6 Å². The molecular formula is C24H24F2N7O3+. The first-order valence-corrected chi connectivity index (χ1v) is 11.2. The zero-order valence-corrected chi connectivity index (χ0v) is 19.3. The molecule has 1 aliphatic heterocycles. The minimum atomic E-state index is -1.18. The summed E-state index contributed by atoms with van der Waals surface area (Å²) < 4.78 is 38.7. The summed E-state index contributed by atoms with van der Waals surface area (Å²) >= 11 is 0. The number of methoxy groups -OCH3 is 1. The molecule has 1 fully saturated rings. The van der Waals surface area contributed by atoms with Gasteiger partial charge in [-0.05, 0) is 24.3 Å². The van der Waals surface area contributed by atoms with Crippen molar-refractivity contribution < 1.29 is 28.0 Å². The standard InChI is InChI=1S/C24H23F2N7O3/c1-35-20-10-13(33-6-8-36-9-7-33)2-3-18(20)30-24-31-22-14(4-5-28-22)23(32-24)29-19-12-17(26)16(25)11-15(19)21(27)34/h2-5,10-12H,6-9H2,1H3,(H2,27,34)(H3,28,29,30,31,32)/p+1. The van der Waals surface area contributed by atoms with E-state index in [0.717, 1.165) is 30.9 Å². The van der Waals surface area contributed by atoms with Crippen LogP contribution < -0.4 is 31.0 Å². The molecule has 0 radical (unpaired) electrons. The Balaban J connectivity index is 1.49. The number of morpholine rings is 1. The number of nitrogens with two attached hydrogens (primary N) is 1. The quantitative estimate of drug-likeness (QED) is 0.309. The molecule has 1 amide bonds. The number of primary amides is 1. The Morgan fingerprint density at radius 1 is 1.14 bits per heavy atom. The SMILES string of the molecule is COc1cc(N2CCOCC2)ccc1Nc1nc(Nc2cc(F)c(F)cc2C(N)=O)c2cc[nH]c2[nH+]1. The summed E-state index contributed by atoms with van der Waals surface area (Å²) in [7, 11) is 1.58. The number of aromatic nitrogens is 3. The highest BCUT2D eigenvalue weighted by Crippen LogP contribution is 2.33. The fourth-order valence-corrected chi connectivity index (χ4v) is 4.05. The molecule has 2 aromatic heterocycles. The third-order valence-electron chi connectivity index (χ3n) is 5.86. The number of hydrogen-bond acceptors (Lipinski definition) is 7. The second-order valence-corrected chi connectivity index (χ2v) is 8.11. The zero-order valence-electron chi connectivity index (χ0n) is 19.3. The van der Waals surface area contributed by atoms with Crippen molar-refractivity contribution in [2.75, 3.05) is 48.9 Å². The summed E-state index contributed by atoms with van der Waals surface area (Å²) in [6, 6.07) is 9.15. The number of fused-ring (bicyclic) bond motifs is 1. The average molecular weight is 496 g/mol. The van der Waals surface area contributed by atoms with Gasteiger partial charge in [0.1, 0.15) is 5.69 Å². The monoisotopic (exact) mass is 496 g/mol. The fourth-order valence-electron chi connectivity index (χ4n) is 4.05. The van der Waals surface area contributed by atoms with E-state index in [-0.39, 0.29) is 17.1 Å². The number of carbonyl (C=O) groups is 1. The molecule has 6 N–H and O–H groups in total. The van der Waals surface area contributed by atoms with Gasteiger partial charge in [0, 0.05) is 37.1 Å². The second kappa shape index (κ2) is 9.66. The van der Waals surface area contributed by atoms with E-state index in [1.54, 1.807) is 19.4 Å². The first kappa shape index (κ1) is 23.3. The summed E-state index contributed by atoms with van der Waals surface area (Å²) in [5.74, 6) is -2.00. The first-order valence-electron chi connectivity index (χ1n) is 11.2. The number of H-pyrrole nitrogens is 2. The summed E-state index contributed by atoms with van der Waals surface area (Å²) in [5.41, 5.74) is 7.42. The molecule has 0 atom stereocenters. The maximum Gasteiger partial charge on any atom is 0.351 e. The van der Waals surface area contributed by atoms with Crippen LogP contribution in [0.25, 0.3) is 11.0 Å². The minimum absolute atomic E-state index is 0.0130. The van der Waals surface area contributed by atoms with Gasteiger partial charge in [-0.2, -0.15) is 0 Å². The second-order valence-electron chi connectivity index (χ2n) is 8.11. The van der Waals surface area contributed by atoms with E-state index in [0.29, 0.717) is 41.6 Å². The van der Waals surface area contributed by atoms with E-state index in [1.165, 1.54) is 0 Å². The Hall–Kier alpha value is -4.45. The van der Waals surface area contributed by atoms with Crippen LogP contribution in [0.1, 0.15) is 10.4 Å². The molecule has 0 spiro atoms. The number of benzene rings is 2. The molecular weight excluding hydrogens is 472 g/mol. The van der Waals surface area contributed by atoms with Crippen molar-refractivity contribution in [3.05, 3.63) is 59.8 Å². The molecule has 4 aromatic rings. The van der Waals surface area contributed by atoms with Crippen molar-refractivity contribution in [2.45, 2.75) is 0 Å². The van der Waals surface area contributed by atoms with Crippen LogP contribution in [0, 0.1) is 11.6 Å². The average Bonchev–Trinajstić information content (AvgIpc) is 3.36. The zero-order chi connectivity index (χ0) is 25.2. The van der Waals surface area contributed by atoms with Crippen LogP contribution in [0.3, 0.4) is 0 Å². The summed E-state index contributed by atoms with van der Waals surface area (Å²) in [6.45, 7) is 2.92. The molecule has 0 bridgehead atoms. The third kappa shape index (κ3) is 4.58. The molecule has 0 aliphatic carbocycles. The number of amides is 1. The van der Waals surface area contributed by atoms with E-state index in [1.807, 2.05) is 18.2 Å². The molecule has 1 saturated heterocycles. The van der Waals surface area contributed by atoms with Gasteiger partial charge in [-0.1, -0.05) is 4.98 Å². The number of hydrogen-bond donors (Lipinski definition) is 4. The van der Waals surface area contributed by atoms with Crippen LogP contribution in [-0.4, -0.2) is 49.3 Å². The fraction of sp³-hybridized carbons (Fsp3) is 0.208. The van der Waals surface area contributed by atoms with Gasteiger partial charge in [0.2, 0.25) is 11.5 Å². The molecule has 3 heterocycles. The Kier molecular flexibility index (Phi) is 6.25. The predicted octanol–water partition coefficient (Wildman–Crippen LogP) is 3.09. The minimum Gasteiger partial charge on any atom is -0.493 e. The molecule has 5 rings (SSSR count). The number of nitrogens with zero attached hydrogens (tertiary/aromatic N) is 2. The maximum atomic E-state index is 14.0. The van der Waals surface area contributed by atoms with Crippen molar-refractivity contribution >= 4 is 45.8 Å². The number of anilines is 5. The van der Waals surface area contributed by atoms with E-state index >= 15 is 0 Å². The summed E-state index contributed by atoms with van der Waals surface area (Å²) in [5, 5.41) is 6.73. The topological polar surface area (TPSA) is 132 Å². The van der Waals surface area contributed by atoms with Gasteiger partial charge in [-0.25, -0.2) is 13.8 Å². The van der Waals surface area contributed by atoms with Crippen LogP contribution in [0.4, 0.5) is 37.6 Å². The molecule has 36 heavy (non-hydrogen) atoms. The maximum absolute atomic E-state index is 14.0. The Morgan fingerprint density at radius 3 is 2.67 bits per heavy atom. The van der Waals surface area contributed by atoms with Crippen LogP contribution in [-0.2, 0) is 4.74 Å². The van der Waals surface area contributed by atoms with Crippen molar-refractivity contribution in [1.82, 2.24) is 9.97 Å². The van der Waals surface area contributed by atoms with Crippen molar-refractivity contribution in [3.8, 4) is 5.75 Å². The first-order chi connectivity index (χ1) is 17.4. The largest absolute Gasteiger partial charge is 0.493 e.